The largest absolute Gasteiger partial charge is 0.313 e. The number of rotatable bonds is 7. The second-order valence-electron chi connectivity index (χ2n) is 4.11. The lowest BCUT2D eigenvalue weighted by Crippen LogP contribution is -2.33. The third kappa shape index (κ3) is 4.22. The van der Waals surface area contributed by atoms with E-state index in [0.29, 0.717) is 6.04 Å². The number of aromatic nitrogens is 1. The first-order valence-electron chi connectivity index (χ1n) is 6.01. The Morgan fingerprint density at radius 1 is 1.29 bits per heavy atom. The molecule has 1 unspecified atom stereocenters. The lowest BCUT2D eigenvalue weighted by atomic mass is 10.1. The Balaban J connectivity index is 1.92. The summed E-state index contributed by atoms with van der Waals surface area (Å²) in [5.74, 6) is 0. The van der Waals surface area contributed by atoms with Gasteiger partial charge in [0.05, 0.1) is 5.51 Å². The molecule has 0 radical (unpaired) electrons. The van der Waals surface area contributed by atoms with E-state index in [2.05, 4.69) is 34.7 Å². The van der Waals surface area contributed by atoms with Crippen LogP contribution >= 0.6 is 22.7 Å². The van der Waals surface area contributed by atoms with Crippen LogP contribution in [0.2, 0.25) is 0 Å². The standard InChI is InChI=1S/C13H18N2S2/c1-2-5-15-11(7-12-4-3-6-16-12)8-13-9-14-10-17-13/h3-4,6,9-11,15H,2,5,7-8H2,1H3. The van der Waals surface area contributed by atoms with Gasteiger partial charge in [-0.3, -0.25) is 4.98 Å². The molecule has 0 aliphatic heterocycles. The summed E-state index contributed by atoms with van der Waals surface area (Å²) in [5, 5.41) is 5.78. The second kappa shape index (κ2) is 6.89. The molecular formula is C13H18N2S2. The van der Waals surface area contributed by atoms with Gasteiger partial charge in [-0.05, 0) is 37.3 Å². The lowest BCUT2D eigenvalue weighted by Gasteiger charge is -2.16. The monoisotopic (exact) mass is 266 g/mol. The first-order valence-corrected chi connectivity index (χ1v) is 7.77. The van der Waals surface area contributed by atoms with Crippen LogP contribution < -0.4 is 5.32 Å². The number of nitrogens with zero attached hydrogens (tertiary/aromatic N) is 1. The summed E-state index contributed by atoms with van der Waals surface area (Å²) in [7, 11) is 0. The van der Waals surface area contributed by atoms with Gasteiger partial charge in [0.15, 0.2) is 0 Å². The molecular weight excluding hydrogens is 248 g/mol. The summed E-state index contributed by atoms with van der Waals surface area (Å²) >= 11 is 3.59. The highest BCUT2D eigenvalue weighted by atomic mass is 32.1. The predicted octanol–water partition coefficient (Wildman–Crippen LogP) is 3.36. The molecule has 0 aliphatic carbocycles. The van der Waals surface area contributed by atoms with Crippen LogP contribution in [0.1, 0.15) is 23.1 Å². The molecule has 2 aromatic heterocycles. The Hall–Kier alpha value is -0.710. The molecule has 0 aromatic carbocycles. The number of thiophene rings is 1. The zero-order valence-corrected chi connectivity index (χ0v) is 11.7. The fourth-order valence-corrected chi connectivity index (χ4v) is 3.29. The summed E-state index contributed by atoms with van der Waals surface area (Å²) in [5.41, 5.74) is 1.91. The van der Waals surface area contributed by atoms with Crippen molar-refractivity contribution in [3.8, 4) is 0 Å². The van der Waals surface area contributed by atoms with Crippen LogP contribution in [0.5, 0.6) is 0 Å². The normalized spacial score (nSPS) is 12.8. The van der Waals surface area contributed by atoms with Crippen molar-refractivity contribution in [2.45, 2.75) is 32.2 Å². The highest BCUT2D eigenvalue weighted by Gasteiger charge is 2.11. The molecule has 1 N–H and O–H groups in total. The average molecular weight is 266 g/mol. The van der Waals surface area contributed by atoms with Crippen molar-refractivity contribution in [2.75, 3.05) is 6.54 Å². The maximum Gasteiger partial charge on any atom is 0.0794 e. The van der Waals surface area contributed by atoms with Gasteiger partial charge in [0.25, 0.3) is 0 Å². The van der Waals surface area contributed by atoms with Gasteiger partial charge < -0.3 is 5.32 Å². The van der Waals surface area contributed by atoms with Crippen molar-refractivity contribution in [2.24, 2.45) is 0 Å². The first-order chi connectivity index (χ1) is 8.38. The summed E-state index contributed by atoms with van der Waals surface area (Å²) in [4.78, 5) is 6.98. The number of thiazole rings is 1. The van der Waals surface area contributed by atoms with Crippen molar-refractivity contribution in [1.29, 1.82) is 0 Å². The maximum atomic E-state index is 4.15. The highest BCUT2D eigenvalue weighted by Crippen LogP contribution is 2.15. The molecule has 0 fully saturated rings. The van der Waals surface area contributed by atoms with Crippen LogP contribution in [0.4, 0.5) is 0 Å². The van der Waals surface area contributed by atoms with Crippen LogP contribution in [-0.2, 0) is 12.8 Å². The third-order valence-corrected chi connectivity index (χ3v) is 4.34. The molecule has 2 rings (SSSR count). The van der Waals surface area contributed by atoms with E-state index in [1.807, 2.05) is 23.0 Å². The molecule has 0 bridgehead atoms. The first kappa shape index (κ1) is 12.7. The van der Waals surface area contributed by atoms with Gasteiger partial charge >= 0.3 is 0 Å². The smallest absolute Gasteiger partial charge is 0.0794 e. The molecule has 0 amide bonds. The van der Waals surface area contributed by atoms with E-state index in [0.717, 1.165) is 19.4 Å². The van der Waals surface area contributed by atoms with Crippen molar-refractivity contribution < 1.29 is 0 Å². The fourth-order valence-electron chi connectivity index (χ4n) is 1.82. The van der Waals surface area contributed by atoms with E-state index < -0.39 is 0 Å². The summed E-state index contributed by atoms with van der Waals surface area (Å²) in [6.45, 7) is 3.30. The van der Waals surface area contributed by atoms with Crippen LogP contribution in [0, 0.1) is 0 Å². The van der Waals surface area contributed by atoms with Crippen LogP contribution in [0.15, 0.2) is 29.2 Å². The van der Waals surface area contributed by atoms with E-state index in [9.17, 15) is 0 Å². The molecule has 0 aliphatic rings. The molecule has 2 nitrogen and oxygen atoms in total. The van der Waals surface area contributed by atoms with Crippen LogP contribution in [0.25, 0.3) is 0 Å². The molecule has 17 heavy (non-hydrogen) atoms. The van der Waals surface area contributed by atoms with Crippen molar-refractivity contribution in [3.63, 3.8) is 0 Å². The average Bonchev–Trinajstić information content (AvgIpc) is 2.99. The maximum absolute atomic E-state index is 4.15. The molecule has 0 saturated carbocycles. The fraction of sp³-hybridized carbons (Fsp3) is 0.462. The quantitative estimate of drug-likeness (QED) is 0.831. The van der Waals surface area contributed by atoms with Crippen molar-refractivity contribution >= 4 is 22.7 Å². The highest BCUT2D eigenvalue weighted by molar-refractivity contribution is 7.10. The van der Waals surface area contributed by atoms with E-state index in [1.165, 1.54) is 16.2 Å². The Kier molecular flexibility index (Phi) is 5.16. The summed E-state index contributed by atoms with van der Waals surface area (Å²) in [6, 6.07) is 4.88. The van der Waals surface area contributed by atoms with Crippen LogP contribution in [-0.4, -0.2) is 17.6 Å². The molecule has 0 saturated heterocycles. The second-order valence-corrected chi connectivity index (χ2v) is 6.11. The summed E-state index contributed by atoms with van der Waals surface area (Å²) < 4.78 is 0. The SMILES string of the molecule is CCCNC(Cc1cccs1)Cc1cncs1. The predicted molar refractivity (Wildman–Crippen MR) is 75.9 cm³/mol. The molecule has 2 heterocycles. The van der Waals surface area contributed by atoms with E-state index in [-0.39, 0.29) is 0 Å². The van der Waals surface area contributed by atoms with E-state index in [4.69, 9.17) is 0 Å². The van der Waals surface area contributed by atoms with E-state index in [1.54, 1.807) is 11.3 Å². The Labute approximate surface area is 111 Å². The van der Waals surface area contributed by atoms with Gasteiger partial charge in [0.2, 0.25) is 0 Å². The Morgan fingerprint density at radius 3 is 2.82 bits per heavy atom. The Bertz CT molecular complexity index is 359. The minimum atomic E-state index is 0.536. The van der Waals surface area contributed by atoms with Crippen molar-refractivity contribution in [1.82, 2.24) is 10.3 Å². The molecule has 4 heteroatoms. The third-order valence-electron chi connectivity index (χ3n) is 2.64. The minimum Gasteiger partial charge on any atom is -0.313 e. The molecule has 92 valence electrons. The van der Waals surface area contributed by atoms with E-state index >= 15 is 0 Å². The van der Waals surface area contributed by atoms with Gasteiger partial charge in [0.1, 0.15) is 0 Å². The zero-order valence-electron chi connectivity index (χ0n) is 10.1. The lowest BCUT2D eigenvalue weighted by molar-refractivity contribution is 0.510. The minimum absolute atomic E-state index is 0.536. The van der Waals surface area contributed by atoms with Gasteiger partial charge in [-0.2, -0.15) is 0 Å². The summed E-state index contributed by atoms with van der Waals surface area (Å²) in [6.07, 6.45) is 5.38. The van der Waals surface area contributed by atoms with Crippen LogP contribution in [0.3, 0.4) is 0 Å². The molecule has 2 aromatic rings. The number of hydrogen-bond donors (Lipinski definition) is 1. The van der Waals surface area contributed by atoms with Gasteiger partial charge in [0, 0.05) is 22.0 Å². The molecule has 0 spiro atoms. The van der Waals surface area contributed by atoms with Gasteiger partial charge in [-0.15, -0.1) is 22.7 Å². The van der Waals surface area contributed by atoms with Gasteiger partial charge in [-0.25, -0.2) is 0 Å². The zero-order chi connectivity index (χ0) is 11.9. The van der Waals surface area contributed by atoms with Gasteiger partial charge in [-0.1, -0.05) is 13.0 Å². The number of hydrogen-bond acceptors (Lipinski definition) is 4. The Morgan fingerprint density at radius 2 is 2.18 bits per heavy atom. The topological polar surface area (TPSA) is 24.9 Å². The van der Waals surface area contributed by atoms with Crippen molar-refractivity contribution in [3.05, 3.63) is 39.0 Å². The molecule has 1 atom stereocenters. The number of nitrogens with one attached hydrogen (secondary N) is 1.